The molecular weight excluding hydrogens is 260 g/mol. The Labute approximate surface area is 115 Å². The van der Waals surface area contributed by atoms with Crippen LogP contribution >= 0.6 is 11.6 Å². The largest absolute Gasteiger partial charge is 0.277 e. The van der Waals surface area contributed by atoms with Crippen LogP contribution in [-0.2, 0) is 0 Å². The van der Waals surface area contributed by atoms with E-state index in [-0.39, 0.29) is 5.28 Å². The Morgan fingerprint density at radius 2 is 1.89 bits per heavy atom. The molecule has 0 atom stereocenters. The number of halogens is 1. The van der Waals surface area contributed by atoms with Crippen molar-refractivity contribution >= 4 is 11.6 Å². The van der Waals surface area contributed by atoms with Crippen LogP contribution in [0.1, 0.15) is 5.56 Å². The first-order valence-electron chi connectivity index (χ1n) is 5.83. The third kappa shape index (κ3) is 2.35. The molecule has 1 N–H and O–H groups in total. The highest BCUT2D eigenvalue weighted by molar-refractivity contribution is 6.28. The fourth-order valence-corrected chi connectivity index (χ4v) is 2.05. The molecule has 0 bridgehead atoms. The molecule has 5 heteroatoms. The first-order valence-corrected chi connectivity index (χ1v) is 6.21. The number of hydrogen-bond donors (Lipinski definition) is 1. The minimum atomic E-state index is 0.230. The predicted molar refractivity (Wildman–Crippen MR) is 74.8 cm³/mol. The summed E-state index contributed by atoms with van der Waals surface area (Å²) >= 11 is 5.83. The van der Waals surface area contributed by atoms with Gasteiger partial charge in [-0.1, -0.05) is 29.8 Å². The average Bonchev–Trinajstić information content (AvgIpc) is 2.89. The second kappa shape index (κ2) is 4.82. The number of H-pyrrole nitrogens is 1. The number of hydrogen-bond acceptors (Lipinski definition) is 3. The van der Waals surface area contributed by atoms with Crippen LogP contribution in [0.15, 0.2) is 42.7 Å². The molecule has 4 nitrogen and oxygen atoms in total. The quantitative estimate of drug-likeness (QED) is 0.725. The monoisotopic (exact) mass is 270 g/mol. The standard InChI is InChI=1S/C14H11ClN4/c1-9-2-4-10(5-3-9)13-11(8-17-19-13)12-6-7-16-14(15)18-12/h2-8H,1H3,(H,17,19). The molecule has 0 radical (unpaired) electrons. The highest BCUT2D eigenvalue weighted by Gasteiger charge is 2.11. The third-order valence-corrected chi connectivity index (χ3v) is 3.06. The molecule has 0 fully saturated rings. The predicted octanol–water partition coefficient (Wildman–Crippen LogP) is 3.50. The lowest BCUT2D eigenvalue weighted by Gasteiger charge is -2.03. The van der Waals surface area contributed by atoms with Crippen LogP contribution in [0.2, 0.25) is 5.28 Å². The first kappa shape index (κ1) is 11.9. The van der Waals surface area contributed by atoms with E-state index in [0.717, 1.165) is 22.5 Å². The summed E-state index contributed by atoms with van der Waals surface area (Å²) < 4.78 is 0. The zero-order chi connectivity index (χ0) is 13.2. The van der Waals surface area contributed by atoms with Crippen molar-refractivity contribution in [2.24, 2.45) is 0 Å². The lowest BCUT2D eigenvalue weighted by molar-refractivity contribution is 1.09. The molecule has 2 aromatic heterocycles. The van der Waals surface area contributed by atoms with Gasteiger partial charge in [0.2, 0.25) is 5.28 Å². The summed E-state index contributed by atoms with van der Waals surface area (Å²) in [4.78, 5) is 8.10. The molecule has 0 amide bonds. The Morgan fingerprint density at radius 1 is 1.11 bits per heavy atom. The Bertz CT molecular complexity index is 703. The molecule has 0 saturated carbocycles. The van der Waals surface area contributed by atoms with Crippen molar-refractivity contribution < 1.29 is 0 Å². The fraction of sp³-hybridized carbons (Fsp3) is 0.0714. The Kier molecular flexibility index (Phi) is 3.01. The molecule has 0 aliphatic heterocycles. The molecular formula is C14H11ClN4. The average molecular weight is 271 g/mol. The van der Waals surface area contributed by atoms with Crippen molar-refractivity contribution in [3.63, 3.8) is 0 Å². The maximum atomic E-state index is 5.83. The summed E-state index contributed by atoms with van der Waals surface area (Å²) in [6.07, 6.45) is 3.38. The second-order valence-electron chi connectivity index (χ2n) is 4.24. The first-order chi connectivity index (χ1) is 9.24. The van der Waals surface area contributed by atoms with E-state index in [1.54, 1.807) is 12.4 Å². The number of aryl methyl sites for hydroxylation is 1. The van der Waals surface area contributed by atoms with Gasteiger partial charge in [-0.3, -0.25) is 5.10 Å². The lowest BCUT2D eigenvalue weighted by atomic mass is 10.0. The van der Waals surface area contributed by atoms with E-state index < -0.39 is 0 Å². The van der Waals surface area contributed by atoms with Crippen LogP contribution in [0.5, 0.6) is 0 Å². The Balaban J connectivity index is 2.10. The number of nitrogens with zero attached hydrogens (tertiary/aromatic N) is 3. The number of nitrogens with one attached hydrogen (secondary N) is 1. The van der Waals surface area contributed by atoms with Crippen molar-refractivity contribution in [1.29, 1.82) is 0 Å². The summed E-state index contributed by atoms with van der Waals surface area (Å²) in [6, 6.07) is 10.0. The summed E-state index contributed by atoms with van der Waals surface area (Å²) in [5.41, 5.74) is 4.87. The number of rotatable bonds is 2. The molecule has 0 saturated heterocycles. The van der Waals surface area contributed by atoms with E-state index in [1.807, 2.05) is 6.07 Å². The van der Waals surface area contributed by atoms with Gasteiger partial charge in [0.15, 0.2) is 0 Å². The normalized spacial score (nSPS) is 10.6. The van der Waals surface area contributed by atoms with Crippen LogP contribution in [0.3, 0.4) is 0 Å². The highest BCUT2D eigenvalue weighted by Crippen LogP contribution is 2.29. The zero-order valence-electron chi connectivity index (χ0n) is 10.3. The number of aromatic nitrogens is 4. The van der Waals surface area contributed by atoms with E-state index in [2.05, 4.69) is 51.4 Å². The minimum absolute atomic E-state index is 0.230. The van der Waals surface area contributed by atoms with Crippen LogP contribution in [0.25, 0.3) is 22.5 Å². The van der Waals surface area contributed by atoms with E-state index >= 15 is 0 Å². The zero-order valence-corrected chi connectivity index (χ0v) is 11.0. The van der Waals surface area contributed by atoms with Gasteiger partial charge in [0.05, 0.1) is 17.6 Å². The summed E-state index contributed by atoms with van der Waals surface area (Å²) in [6.45, 7) is 2.06. The Morgan fingerprint density at radius 3 is 2.63 bits per heavy atom. The van der Waals surface area contributed by atoms with Crippen molar-refractivity contribution in [3.8, 4) is 22.5 Å². The van der Waals surface area contributed by atoms with Gasteiger partial charge in [-0.05, 0) is 24.6 Å². The molecule has 19 heavy (non-hydrogen) atoms. The third-order valence-electron chi connectivity index (χ3n) is 2.88. The van der Waals surface area contributed by atoms with Gasteiger partial charge in [-0.2, -0.15) is 5.10 Å². The minimum Gasteiger partial charge on any atom is -0.277 e. The van der Waals surface area contributed by atoms with E-state index in [1.165, 1.54) is 5.56 Å². The fourth-order valence-electron chi connectivity index (χ4n) is 1.91. The molecule has 94 valence electrons. The SMILES string of the molecule is Cc1ccc(-c2[nH]ncc2-c2ccnc(Cl)n2)cc1. The van der Waals surface area contributed by atoms with Gasteiger partial charge in [0, 0.05) is 17.3 Å². The smallest absolute Gasteiger partial charge is 0.222 e. The van der Waals surface area contributed by atoms with Gasteiger partial charge in [0.1, 0.15) is 0 Å². The topological polar surface area (TPSA) is 54.5 Å². The van der Waals surface area contributed by atoms with Gasteiger partial charge in [-0.25, -0.2) is 9.97 Å². The van der Waals surface area contributed by atoms with Crippen LogP contribution in [-0.4, -0.2) is 20.2 Å². The molecule has 1 aromatic carbocycles. The summed E-state index contributed by atoms with van der Waals surface area (Å²) in [7, 11) is 0. The lowest BCUT2D eigenvalue weighted by Crippen LogP contribution is -1.88. The second-order valence-corrected chi connectivity index (χ2v) is 4.57. The highest BCUT2D eigenvalue weighted by atomic mass is 35.5. The van der Waals surface area contributed by atoms with Crippen LogP contribution in [0.4, 0.5) is 0 Å². The maximum Gasteiger partial charge on any atom is 0.222 e. The molecule has 2 heterocycles. The molecule has 0 unspecified atom stereocenters. The van der Waals surface area contributed by atoms with Gasteiger partial charge >= 0.3 is 0 Å². The summed E-state index contributed by atoms with van der Waals surface area (Å²) in [5, 5.41) is 7.33. The molecule has 0 aliphatic rings. The molecule has 0 spiro atoms. The van der Waals surface area contributed by atoms with E-state index in [0.29, 0.717) is 0 Å². The van der Waals surface area contributed by atoms with Crippen molar-refractivity contribution in [1.82, 2.24) is 20.2 Å². The number of aromatic amines is 1. The van der Waals surface area contributed by atoms with Crippen molar-refractivity contribution in [3.05, 3.63) is 53.6 Å². The molecule has 3 rings (SSSR count). The Hall–Kier alpha value is -2.20. The maximum absolute atomic E-state index is 5.83. The van der Waals surface area contributed by atoms with Gasteiger partial charge in [-0.15, -0.1) is 0 Å². The summed E-state index contributed by atoms with van der Waals surface area (Å²) in [5.74, 6) is 0. The van der Waals surface area contributed by atoms with Crippen molar-refractivity contribution in [2.75, 3.05) is 0 Å². The van der Waals surface area contributed by atoms with Crippen LogP contribution < -0.4 is 0 Å². The van der Waals surface area contributed by atoms with Gasteiger partial charge in [0.25, 0.3) is 0 Å². The molecule has 0 aliphatic carbocycles. The van der Waals surface area contributed by atoms with Gasteiger partial charge < -0.3 is 0 Å². The molecule has 3 aromatic rings. The van der Waals surface area contributed by atoms with E-state index in [9.17, 15) is 0 Å². The van der Waals surface area contributed by atoms with Crippen LogP contribution in [0, 0.1) is 6.92 Å². The van der Waals surface area contributed by atoms with E-state index in [4.69, 9.17) is 11.6 Å². The number of benzene rings is 1. The van der Waals surface area contributed by atoms with Crippen molar-refractivity contribution in [2.45, 2.75) is 6.92 Å².